The van der Waals surface area contributed by atoms with E-state index in [-0.39, 0.29) is 40.7 Å². The fourth-order valence-corrected chi connectivity index (χ4v) is 0.316. The molecule has 3 nitrogen and oxygen atoms in total. The Bertz CT molecular complexity index is 36.5. The minimum Gasteiger partial charge on any atom is -0.820 e. The summed E-state index contributed by atoms with van der Waals surface area (Å²) in [6.07, 6.45) is 0. The van der Waals surface area contributed by atoms with Crippen molar-refractivity contribution in [2.75, 3.05) is 6.61 Å². The number of hydrogen-bond donors (Lipinski definition) is 0. The monoisotopic (exact) mass is 234 g/mol. The molecule has 8 heavy (non-hydrogen) atoms. The van der Waals surface area contributed by atoms with Crippen molar-refractivity contribution in [1.82, 2.24) is 0 Å². The summed E-state index contributed by atoms with van der Waals surface area (Å²) < 4.78 is 4.00. The Morgan fingerprint density at radius 3 is 1.75 bits per heavy atom. The molecule has 0 aromatic rings. The SMILES string of the molecule is CCOP([O-])[O-].[Cu+].[Cu+]. The van der Waals surface area contributed by atoms with Crippen molar-refractivity contribution in [3.05, 3.63) is 0 Å². The van der Waals surface area contributed by atoms with Gasteiger partial charge in [0.2, 0.25) is 0 Å². The minimum absolute atomic E-state index is 0. The van der Waals surface area contributed by atoms with Gasteiger partial charge in [-0.2, -0.15) is 8.60 Å². The standard InChI is InChI=1S/C2H5O3P.2Cu/c1-2-5-6(3)4;;/h2H2,1H3;;/q-2;2*+1. The molecule has 0 aromatic heterocycles. The summed E-state index contributed by atoms with van der Waals surface area (Å²) in [6, 6.07) is 0. The Morgan fingerprint density at radius 1 is 1.38 bits per heavy atom. The third-order valence-corrected chi connectivity index (χ3v) is 0.704. The van der Waals surface area contributed by atoms with Gasteiger partial charge in [0.25, 0.3) is 0 Å². The van der Waals surface area contributed by atoms with Gasteiger partial charge in [0.1, 0.15) is 0 Å². The van der Waals surface area contributed by atoms with Crippen LogP contribution in [-0.4, -0.2) is 6.61 Å². The molecule has 0 atom stereocenters. The molecule has 0 saturated heterocycles. The normalized spacial score (nSPS) is 7.50. The van der Waals surface area contributed by atoms with E-state index in [9.17, 15) is 9.79 Å². The average Bonchev–Trinajstić information content (AvgIpc) is 1.35. The fraction of sp³-hybridized carbons (Fsp3) is 1.00. The van der Waals surface area contributed by atoms with Crippen molar-refractivity contribution in [3.8, 4) is 0 Å². The predicted molar refractivity (Wildman–Crippen MR) is 18.5 cm³/mol. The van der Waals surface area contributed by atoms with Crippen LogP contribution in [0.5, 0.6) is 0 Å². The molecule has 0 radical (unpaired) electrons. The Morgan fingerprint density at radius 2 is 1.75 bits per heavy atom. The summed E-state index contributed by atoms with van der Waals surface area (Å²) in [5.74, 6) is 0. The molecule has 0 unspecified atom stereocenters. The molecule has 0 amide bonds. The van der Waals surface area contributed by atoms with Gasteiger partial charge >= 0.3 is 34.1 Å². The molecular formula is C2H5Cu2O3P. The maximum Gasteiger partial charge on any atom is 1.00 e. The van der Waals surface area contributed by atoms with Crippen molar-refractivity contribution in [3.63, 3.8) is 0 Å². The zero-order valence-corrected chi connectivity index (χ0v) is 6.76. The van der Waals surface area contributed by atoms with Gasteiger partial charge in [-0.1, -0.05) is 0 Å². The zero-order chi connectivity index (χ0) is 4.99. The largest absolute Gasteiger partial charge is 1.00 e. The first-order chi connectivity index (χ1) is 2.77. The van der Waals surface area contributed by atoms with E-state index in [4.69, 9.17) is 0 Å². The molecule has 0 aliphatic rings. The first-order valence-corrected chi connectivity index (χ1v) is 2.64. The van der Waals surface area contributed by atoms with Gasteiger partial charge in [0, 0.05) is 6.61 Å². The second-order valence-electron chi connectivity index (χ2n) is 0.641. The van der Waals surface area contributed by atoms with Gasteiger partial charge < -0.3 is 14.3 Å². The van der Waals surface area contributed by atoms with E-state index < -0.39 is 8.60 Å². The van der Waals surface area contributed by atoms with E-state index in [1.807, 2.05) is 0 Å². The van der Waals surface area contributed by atoms with Crippen molar-refractivity contribution in [2.45, 2.75) is 6.92 Å². The molecule has 0 N–H and O–H groups in total. The molecular weight excluding hydrogens is 230 g/mol. The first kappa shape index (κ1) is 16.2. The van der Waals surface area contributed by atoms with Crippen molar-refractivity contribution in [2.24, 2.45) is 0 Å². The molecule has 58 valence electrons. The molecule has 0 bridgehead atoms. The van der Waals surface area contributed by atoms with Crippen molar-refractivity contribution >= 4 is 8.60 Å². The summed E-state index contributed by atoms with van der Waals surface area (Å²) in [4.78, 5) is 18.8. The van der Waals surface area contributed by atoms with E-state index in [0.29, 0.717) is 0 Å². The van der Waals surface area contributed by atoms with Crippen molar-refractivity contribution in [1.29, 1.82) is 0 Å². The minimum atomic E-state index is -2.60. The Balaban J connectivity index is -0.000000125. The van der Waals surface area contributed by atoms with Crippen LogP contribution in [0.4, 0.5) is 0 Å². The molecule has 6 heteroatoms. The van der Waals surface area contributed by atoms with Crippen LogP contribution in [0.25, 0.3) is 0 Å². The van der Waals surface area contributed by atoms with Gasteiger partial charge in [-0.25, -0.2) is 0 Å². The van der Waals surface area contributed by atoms with E-state index in [1.165, 1.54) is 0 Å². The van der Waals surface area contributed by atoms with Gasteiger partial charge in [-0.05, 0) is 6.92 Å². The molecule has 0 heterocycles. The zero-order valence-electron chi connectivity index (χ0n) is 3.98. The van der Waals surface area contributed by atoms with Crippen LogP contribution in [0.15, 0.2) is 0 Å². The second-order valence-corrected chi connectivity index (χ2v) is 1.35. The first-order valence-electron chi connectivity index (χ1n) is 1.54. The van der Waals surface area contributed by atoms with Gasteiger partial charge in [-0.3, -0.25) is 0 Å². The molecule has 0 aliphatic carbocycles. The summed E-state index contributed by atoms with van der Waals surface area (Å²) >= 11 is 0. The predicted octanol–water partition coefficient (Wildman–Crippen LogP) is -1.03. The maximum absolute atomic E-state index is 9.41. The van der Waals surface area contributed by atoms with Crippen LogP contribution < -0.4 is 9.79 Å². The van der Waals surface area contributed by atoms with E-state index in [0.717, 1.165) is 0 Å². The summed E-state index contributed by atoms with van der Waals surface area (Å²) in [6.45, 7) is 1.85. The number of hydrogen-bond acceptors (Lipinski definition) is 3. The summed E-state index contributed by atoms with van der Waals surface area (Å²) in [5, 5.41) is 0. The van der Waals surface area contributed by atoms with Crippen LogP contribution in [-0.2, 0) is 38.7 Å². The topological polar surface area (TPSA) is 55.3 Å². The Hall–Kier alpha value is 1.35. The van der Waals surface area contributed by atoms with Crippen LogP contribution in [0.1, 0.15) is 6.92 Å². The third-order valence-electron chi connectivity index (χ3n) is 0.235. The molecule has 0 spiro atoms. The van der Waals surface area contributed by atoms with E-state index in [2.05, 4.69) is 4.52 Å². The average molecular weight is 235 g/mol. The van der Waals surface area contributed by atoms with Gasteiger partial charge in [0.15, 0.2) is 0 Å². The molecule has 0 aromatic carbocycles. The van der Waals surface area contributed by atoms with Crippen LogP contribution >= 0.6 is 8.60 Å². The quantitative estimate of drug-likeness (QED) is 0.454. The second kappa shape index (κ2) is 11.2. The van der Waals surface area contributed by atoms with Crippen LogP contribution in [0.3, 0.4) is 0 Å². The smallest absolute Gasteiger partial charge is 0.820 e. The summed E-state index contributed by atoms with van der Waals surface area (Å²) in [7, 11) is -2.60. The third kappa shape index (κ3) is 15.7. The molecule has 0 aliphatic heterocycles. The molecule has 0 saturated carbocycles. The Labute approximate surface area is 70.8 Å². The molecule has 0 rings (SSSR count). The van der Waals surface area contributed by atoms with Gasteiger partial charge in [-0.15, -0.1) is 0 Å². The van der Waals surface area contributed by atoms with E-state index in [1.54, 1.807) is 6.92 Å². The Kier molecular flexibility index (Phi) is 22.6. The van der Waals surface area contributed by atoms with Crippen LogP contribution in [0.2, 0.25) is 0 Å². The fourth-order valence-electron chi connectivity index (χ4n) is 0.105. The van der Waals surface area contributed by atoms with Crippen LogP contribution in [0, 0.1) is 0 Å². The molecule has 0 fully saturated rings. The maximum atomic E-state index is 9.41. The number of rotatable bonds is 2. The van der Waals surface area contributed by atoms with Crippen molar-refractivity contribution < 1.29 is 48.4 Å². The van der Waals surface area contributed by atoms with E-state index >= 15 is 0 Å². The van der Waals surface area contributed by atoms with Gasteiger partial charge in [0.05, 0.1) is 0 Å². The summed E-state index contributed by atoms with van der Waals surface area (Å²) in [5.41, 5.74) is 0.